The van der Waals surface area contributed by atoms with Crippen LogP contribution in [0, 0.1) is 0 Å². The van der Waals surface area contributed by atoms with Gasteiger partial charge in [0.15, 0.2) is 6.61 Å². The van der Waals surface area contributed by atoms with Crippen molar-refractivity contribution < 1.29 is 14.3 Å². The topological polar surface area (TPSA) is 46.6 Å². The molecule has 2 amide bonds. The summed E-state index contributed by atoms with van der Waals surface area (Å²) >= 11 is 1.51. The van der Waals surface area contributed by atoms with E-state index >= 15 is 0 Å². The fourth-order valence-electron chi connectivity index (χ4n) is 1.09. The molecule has 0 atom stereocenters. The highest BCUT2D eigenvalue weighted by Crippen LogP contribution is 2.15. The first-order chi connectivity index (χ1) is 6.27. The summed E-state index contributed by atoms with van der Waals surface area (Å²) in [7, 11) is 0. The first kappa shape index (κ1) is 8.25. The van der Waals surface area contributed by atoms with Crippen LogP contribution in [0.15, 0.2) is 17.5 Å². The normalized spacial score (nSPS) is 16.5. The number of hydrogen-bond donors (Lipinski definition) is 0. The van der Waals surface area contributed by atoms with Crippen LogP contribution in [0.5, 0.6) is 0 Å². The van der Waals surface area contributed by atoms with Gasteiger partial charge < -0.3 is 4.74 Å². The van der Waals surface area contributed by atoms with Crippen LogP contribution in [0.3, 0.4) is 0 Å². The molecule has 1 aliphatic heterocycles. The van der Waals surface area contributed by atoms with Crippen molar-refractivity contribution in [3.63, 3.8) is 0 Å². The minimum Gasteiger partial charge on any atom is -0.439 e. The maximum atomic E-state index is 11.1. The van der Waals surface area contributed by atoms with Gasteiger partial charge in [-0.25, -0.2) is 9.69 Å². The number of carbonyl (C=O) groups excluding carboxylic acids is 2. The summed E-state index contributed by atoms with van der Waals surface area (Å²) in [4.78, 5) is 24.2. The third-order valence-electron chi connectivity index (χ3n) is 1.73. The lowest BCUT2D eigenvalue weighted by Crippen LogP contribution is -2.27. The Bertz CT molecular complexity index is 317. The number of nitrogens with zero attached hydrogens (tertiary/aromatic N) is 1. The molecule has 1 aromatic rings. The smallest absolute Gasteiger partial charge is 0.417 e. The van der Waals surface area contributed by atoms with Crippen LogP contribution in [0.4, 0.5) is 4.79 Å². The molecule has 1 aromatic heterocycles. The molecule has 0 N–H and O–H groups in total. The molecule has 0 radical (unpaired) electrons. The highest BCUT2D eigenvalue weighted by Gasteiger charge is 2.30. The molecule has 0 aromatic carbocycles. The molecule has 0 spiro atoms. The monoisotopic (exact) mass is 197 g/mol. The largest absolute Gasteiger partial charge is 0.439 e. The van der Waals surface area contributed by atoms with Crippen molar-refractivity contribution in [2.24, 2.45) is 0 Å². The van der Waals surface area contributed by atoms with Gasteiger partial charge in [0.1, 0.15) is 0 Å². The summed E-state index contributed by atoms with van der Waals surface area (Å²) in [6.07, 6.45) is -0.543. The standard InChI is InChI=1S/C8H7NO3S/c10-7-5-12-8(11)9(7)4-6-2-1-3-13-6/h1-3H,4-5H2. The number of hydrogen-bond acceptors (Lipinski definition) is 4. The number of ether oxygens (including phenoxy) is 1. The first-order valence-corrected chi connectivity index (χ1v) is 4.65. The average Bonchev–Trinajstić information content (AvgIpc) is 2.70. The van der Waals surface area contributed by atoms with Crippen LogP contribution >= 0.6 is 11.3 Å². The van der Waals surface area contributed by atoms with Crippen LogP contribution in [0.25, 0.3) is 0 Å². The summed E-state index contributed by atoms with van der Waals surface area (Å²) in [5.74, 6) is -0.265. The van der Waals surface area contributed by atoms with Crippen molar-refractivity contribution in [3.05, 3.63) is 22.4 Å². The van der Waals surface area contributed by atoms with Gasteiger partial charge in [0.2, 0.25) is 0 Å². The van der Waals surface area contributed by atoms with E-state index < -0.39 is 6.09 Å². The van der Waals surface area contributed by atoms with E-state index in [4.69, 9.17) is 0 Å². The third kappa shape index (κ3) is 1.55. The van der Waals surface area contributed by atoms with Crippen molar-refractivity contribution in [3.8, 4) is 0 Å². The minimum absolute atomic E-state index is 0.121. The van der Waals surface area contributed by atoms with E-state index in [0.717, 1.165) is 9.78 Å². The molecule has 1 aliphatic rings. The van der Waals surface area contributed by atoms with Crippen molar-refractivity contribution in [2.45, 2.75) is 6.54 Å². The van der Waals surface area contributed by atoms with Gasteiger partial charge in [-0.3, -0.25) is 4.79 Å². The van der Waals surface area contributed by atoms with Gasteiger partial charge in [0.25, 0.3) is 5.91 Å². The zero-order chi connectivity index (χ0) is 9.26. The number of carbonyl (C=O) groups is 2. The second-order valence-corrected chi connectivity index (χ2v) is 3.65. The molecule has 5 heteroatoms. The van der Waals surface area contributed by atoms with E-state index in [9.17, 15) is 9.59 Å². The maximum Gasteiger partial charge on any atom is 0.417 e. The number of amides is 2. The Morgan fingerprint density at radius 3 is 2.92 bits per heavy atom. The lowest BCUT2D eigenvalue weighted by molar-refractivity contribution is -0.126. The fraction of sp³-hybridized carbons (Fsp3) is 0.250. The third-order valence-corrected chi connectivity index (χ3v) is 2.60. The Labute approximate surface area is 78.7 Å². The molecule has 0 aliphatic carbocycles. The van der Waals surface area contributed by atoms with E-state index in [1.165, 1.54) is 11.3 Å². The summed E-state index contributed by atoms with van der Waals surface area (Å²) in [6.45, 7) is 0.208. The quantitative estimate of drug-likeness (QED) is 0.716. The molecule has 2 heterocycles. The predicted octanol–water partition coefficient (Wildman–Crippen LogP) is 1.23. The Kier molecular flexibility index (Phi) is 2.02. The van der Waals surface area contributed by atoms with Crippen LogP contribution in [-0.4, -0.2) is 23.5 Å². The van der Waals surface area contributed by atoms with Crippen LogP contribution in [0.2, 0.25) is 0 Å². The zero-order valence-electron chi connectivity index (χ0n) is 6.73. The molecule has 4 nitrogen and oxygen atoms in total. The lowest BCUT2D eigenvalue weighted by atomic mass is 10.4. The molecule has 68 valence electrons. The molecular weight excluding hydrogens is 190 g/mol. The highest BCUT2D eigenvalue weighted by molar-refractivity contribution is 7.09. The van der Waals surface area contributed by atoms with E-state index in [2.05, 4.69) is 4.74 Å². The zero-order valence-corrected chi connectivity index (χ0v) is 7.54. The van der Waals surface area contributed by atoms with E-state index in [1.807, 2.05) is 17.5 Å². The highest BCUT2D eigenvalue weighted by atomic mass is 32.1. The van der Waals surface area contributed by atoms with Gasteiger partial charge in [0.05, 0.1) is 6.54 Å². The molecule has 1 fully saturated rings. The Morgan fingerprint density at radius 1 is 1.54 bits per heavy atom. The van der Waals surface area contributed by atoms with Gasteiger partial charge in [-0.1, -0.05) is 6.07 Å². The second-order valence-electron chi connectivity index (χ2n) is 2.61. The summed E-state index contributed by atoms with van der Waals surface area (Å²) in [5.41, 5.74) is 0. The average molecular weight is 197 g/mol. The number of imide groups is 1. The Hall–Kier alpha value is -1.36. The SMILES string of the molecule is O=C1COC(=O)N1Cc1cccs1. The molecule has 1 saturated heterocycles. The maximum absolute atomic E-state index is 11.1. The van der Waals surface area contributed by atoms with E-state index in [-0.39, 0.29) is 12.5 Å². The van der Waals surface area contributed by atoms with Crippen LogP contribution < -0.4 is 0 Å². The Balaban J connectivity index is 2.09. The Morgan fingerprint density at radius 2 is 2.38 bits per heavy atom. The molecular formula is C8H7NO3S. The van der Waals surface area contributed by atoms with Crippen molar-refractivity contribution in [2.75, 3.05) is 6.61 Å². The van der Waals surface area contributed by atoms with Crippen LogP contribution in [0.1, 0.15) is 4.88 Å². The molecule has 0 saturated carbocycles. The summed E-state index contributed by atoms with van der Waals surface area (Å²) in [5, 5.41) is 1.90. The van der Waals surface area contributed by atoms with Gasteiger partial charge in [-0.2, -0.15) is 0 Å². The number of rotatable bonds is 2. The van der Waals surface area contributed by atoms with Gasteiger partial charge in [0, 0.05) is 4.88 Å². The second kappa shape index (κ2) is 3.18. The first-order valence-electron chi connectivity index (χ1n) is 3.77. The molecule has 0 bridgehead atoms. The van der Waals surface area contributed by atoms with Gasteiger partial charge in [-0.15, -0.1) is 11.3 Å². The molecule has 2 rings (SSSR count). The minimum atomic E-state index is -0.543. The van der Waals surface area contributed by atoms with Gasteiger partial charge in [-0.05, 0) is 11.4 Å². The number of thiophene rings is 1. The number of cyclic esters (lactones) is 1. The van der Waals surface area contributed by atoms with Crippen molar-refractivity contribution in [1.82, 2.24) is 4.90 Å². The molecule has 0 unspecified atom stereocenters. The predicted molar refractivity (Wildman–Crippen MR) is 46.2 cm³/mol. The fourth-order valence-corrected chi connectivity index (χ4v) is 1.78. The van der Waals surface area contributed by atoms with E-state index in [0.29, 0.717) is 6.54 Å². The molecule has 13 heavy (non-hydrogen) atoms. The summed E-state index contributed by atoms with van der Waals surface area (Å²) in [6, 6.07) is 3.76. The van der Waals surface area contributed by atoms with Crippen molar-refractivity contribution >= 4 is 23.3 Å². The van der Waals surface area contributed by atoms with Gasteiger partial charge >= 0.3 is 6.09 Å². The van der Waals surface area contributed by atoms with Crippen LogP contribution in [-0.2, 0) is 16.1 Å². The van der Waals surface area contributed by atoms with Crippen molar-refractivity contribution in [1.29, 1.82) is 0 Å². The summed E-state index contributed by atoms with van der Waals surface area (Å²) < 4.78 is 4.57. The van der Waals surface area contributed by atoms with E-state index in [1.54, 1.807) is 0 Å². The lowest BCUT2D eigenvalue weighted by Gasteiger charge is -2.07.